The summed E-state index contributed by atoms with van der Waals surface area (Å²) in [6.45, 7) is 7.72. The average Bonchev–Trinajstić information content (AvgIpc) is 3.31. The van der Waals surface area contributed by atoms with Crippen LogP contribution in [-0.2, 0) is 37.6 Å². The number of amides is 1. The summed E-state index contributed by atoms with van der Waals surface area (Å²) in [6, 6.07) is 26.9. The van der Waals surface area contributed by atoms with Crippen molar-refractivity contribution < 1.29 is 46.9 Å². The van der Waals surface area contributed by atoms with E-state index in [-0.39, 0.29) is 80.4 Å². The third kappa shape index (κ3) is 10.7. The minimum atomic E-state index is -4.29. The van der Waals surface area contributed by atoms with Crippen LogP contribution in [0.4, 0.5) is 10.1 Å². The van der Waals surface area contributed by atoms with E-state index in [1.807, 2.05) is 49.4 Å². The summed E-state index contributed by atoms with van der Waals surface area (Å²) in [7, 11) is -4.29. The molecule has 6 atom stereocenters. The van der Waals surface area contributed by atoms with E-state index < -0.39 is 27.8 Å². The molecule has 14 heteroatoms. The molecule has 1 heterocycles. The molecule has 0 bridgehead atoms. The molecule has 3 aliphatic rings. The molecule has 1 fully saturated rings. The highest BCUT2D eigenvalue weighted by Crippen LogP contribution is 2.62. The first kappa shape index (κ1) is 48.6. The zero-order valence-corrected chi connectivity index (χ0v) is 38.6. The van der Waals surface area contributed by atoms with E-state index in [0.717, 1.165) is 36.0 Å². The highest BCUT2D eigenvalue weighted by molar-refractivity contribution is 7.89. The van der Waals surface area contributed by atoms with Crippen molar-refractivity contribution in [3.05, 3.63) is 144 Å². The molecule has 0 aromatic heterocycles. The van der Waals surface area contributed by atoms with E-state index in [1.165, 1.54) is 29.4 Å². The lowest BCUT2D eigenvalue weighted by molar-refractivity contribution is -0.251. The van der Waals surface area contributed by atoms with Crippen LogP contribution >= 0.6 is 0 Å². The van der Waals surface area contributed by atoms with Crippen molar-refractivity contribution in [2.45, 2.75) is 101 Å². The Kier molecular flexibility index (Phi) is 16.5. The van der Waals surface area contributed by atoms with Crippen LogP contribution in [0.2, 0.25) is 0 Å². The Labute approximate surface area is 388 Å². The normalized spacial score (nSPS) is 22.7. The topological polar surface area (TPSA) is 156 Å². The highest BCUT2D eigenvalue weighted by atomic mass is 32.2. The summed E-state index contributed by atoms with van der Waals surface area (Å²) < 4.78 is 67.5. The molecule has 0 radical (unpaired) electrons. The lowest BCUT2D eigenvalue weighted by Gasteiger charge is -2.59. The molecule has 6 unspecified atom stereocenters. The first-order chi connectivity index (χ1) is 32.0. The number of oxime groups is 1. The number of nitrogens with one attached hydrogen (secondary N) is 1. The third-order valence-corrected chi connectivity index (χ3v) is 14.7. The SMILES string of the molecule is C=CCOC12Oc3ccc(OCc4ccccc4F)cc3C3C(CCCCO)C(CCCCO)C=C(C(=NOCc4ccccc4)CC1N(CCC)S(=O)(=O)c1ccc(NC(C)=O)cc1)C32. The van der Waals surface area contributed by atoms with E-state index in [2.05, 4.69) is 18.0 Å². The monoisotopic (exact) mass is 923 g/mol. The number of halogens is 1. The van der Waals surface area contributed by atoms with Crippen molar-refractivity contribution in [3.63, 3.8) is 0 Å². The first-order valence-corrected chi connectivity index (χ1v) is 24.5. The molecule has 3 N–H and O–H groups in total. The number of rotatable bonds is 23. The van der Waals surface area contributed by atoms with E-state index in [9.17, 15) is 19.4 Å². The Morgan fingerprint density at radius 3 is 2.39 bits per heavy atom. The standard InChI is InChI=1S/C52H62FN3O9S/c1-4-27-56(66(60,61)42-24-21-40(22-25-42)54-36(3)59)49-33-47(55-64-34-37-15-7-6-8-16-37)44-31-38(17-11-13-28-57)43(19-12-14-29-58)50-45-32-41(62-35-39-18-9-10-20-46(39)53)23-26-48(45)65-52(49,51(44)50)63-30-5-2/h5-10,15-16,18,20-26,31-32,38,43,49-51,57-58H,2,4,11-14,17,19,27-30,33-35H2,1,3H3,(H,54,59). The van der Waals surface area contributed by atoms with Gasteiger partial charge in [-0.3, -0.25) is 4.79 Å². The van der Waals surface area contributed by atoms with Gasteiger partial charge in [0.1, 0.15) is 30.5 Å². The highest BCUT2D eigenvalue weighted by Gasteiger charge is 2.66. The Morgan fingerprint density at radius 2 is 1.70 bits per heavy atom. The minimum absolute atomic E-state index is 0.00503. The number of fused-ring (bicyclic) bond motifs is 2. The fourth-order valence-electron chi connectivity index (χ4n) is 9.96. The van der Waals surface area contributed by atoms with E-state index in [1.54, 1.807) is 42.5 Å². The van der Waals surface area contributed by atoms with Crippen LogP contribution < -0.4 is 14.8 Å². The molecule has 4 aromatic rings. The quantitative estimate of drug-likeness (QED) is 0.0375. The maximum Gasteiger partial charge on any atom is 0.243 e. The maximum atomic E-state index is 15.3. The van der Waals surface area contributed by atoms with Crippen LogP contribution in [0.5, 0.6) is 11.5 Å². The smallest absolute Gasteiger partial charge is 0.243 e. The number of benzene rings is 4. The van der Waals surface area contributed by atoms with Crippen molar-refractivity contribution in [2.24, 2.45) is 22.9 Å². The molecule has 7 rings (SSSR count). The molecule has 0 saturated heterocycles. The number of anilines is 1. The van der Waals surface area contributed by atoms with Crippen LogP contribution in [0.1, 0.15) is 87.8 Å². The Hall–Kier alpha value is -5.38. The summed E-state index contributed by atoms with van der Waals surface area (Å²) in [6.07, 6.45) is 8.57. The van der Waals surface area contributed by atoms with Gasteiger partial charge in [-0.15, -0.1) is 6.58 Å². The largest absolute Gasteiger partial charge is 0.489 e. The Bertz CT molecular complexity index is 2450. The van der Waals surface area contributed by atoms with Crippen molar-refractivity contribution in [2.75, 3.05) is 31.7 Å². The minimum Gasteiger partial charge on any atom is -0.489 e. The van der Waals surface area contributed by atoms with Crippen molar-refractivity contribution in [1.82, 2.24) is 4.31 Å². The van der Waals surface area contributed by atoms with Crippen molar-refractivity contribution >= 4 is 27.3 Å². The van der Waals surface area contributed by atoms with Gasteiger partial charge in [0.15, 0.2) is 0 Å². The fourth-order valence-corrected chi connectivity index (χ4v) is 11.7. The van der Waals surface area contributed by atoms with Gasteiger partial charge in [0.2, 0.25) is 21.7 Å². The zero-order valence-electron chi connectivity index (χ0n) is 37.8. The molecule has 1 aliphatic heterocycles. The summed E-state index contributed by atoms with van der Waals surface area (Å²) in [5, 5.41) is 27.6. The second-order valence-electron chi connectivity index (χ2n) is 17.2. The van der Waals surface area contributed by atoms with E-state index >= 15 is 8.42 Å². The molecule has 352 valence electrons. The van der Waals surface area contributed by atoms with Gasteiger partial charge in [0.25, 0.3) is 0 Å². The van der Waals surface area contributed by atoms with Crippen LogP contribution in [0.25, 0.3) is 0 Å². The first-order valence-electron chi connectivity index (χ1n) is 23.0. The third-order valence-electron chi connectivity index (χ3n) is 12.8. The number of aliphatic hydroxyl groups is 2. The predicted octanol–water partition coefficient (Wildman–Crippen LogP) is 9.30. The number of hydrogen-bond acceptors (Lipinski definition) is 10. The van der Waals surface area contributed by atoms with Crippen molar-refractivity contribution in [3.8, 4) is 11.5 Å². The van der Waals surface area contributed by atoms with Gasteiger partial charge in [-0.25, -0.2) is 12.8 Å². The fraction of sp³-hybridized carbons (Fsp3) is 0.423. The van der Waals surface area contributed by atoms with Gasteiger partial charge >= 0.3 is 0 Å². The summed E-state index contributed by atoms with van der Waals surface area (Å²) >= 11 is 0. The molecule has 1 saturated carbocycles. The van der Waals surface area contributed by atoms with Gasteiger partial charge in [-0.05, 0) is 104 Å². The lowest BCUT2D eigenvalue weighted by Crippen LogP contribution is -2.70. The van der Waals surface area contributed by atoms with Gasteiger partial charge in [0.05, 0.1) is 29.2 Å². The molecule has 4 aromatic carbocycles. The molecular formula is C52H62FN3O9S. The van der Waals surface area contributed by atoms with Gasteiger partial charge in [0, 0.05) is 55.8 Å². The Balaban J connectivity index is 1.44. The van der Waals surface area contributed by atoms with Crippen LogP contribution in [-0.4, -0.2) is 72.7 Å². The van der Waals surface area contributed by atoms with Gasteiger partial charge < -0.3 is 34.6 Å². The second-order valence-corrected chi connectivity index (χ2v) is 19.1. The number of nitrogens with zero attached hydrogens (tertiary/aromatic N) is 2. The summed E-state index contributed by atoms with van der Waals surface area (Å²) in [5.74, 6) is -2.37. The van der Waals surface area contributed by atoms with Gasteiger partial charge in [-0.2, -0.15) is 4.31 Å². The molecule has 66 heavy (non-hydrogen) atoms. The van der Waals surface area contributed by atoms with Gasteiger partial charge in [-0.1, -0.05) is 85.6 Å². The number of sulfonamides is 1. The lowest BCUT2D eigenvalue weighted by atomic mass is 9.55. The predicted molar refractivity (Wildman–Crippen MR) is 252 cm³/mol. The number of hydrogen-bond donors (Lipinski definition) is 3. The average molecular weight is 924 g/mol. The van der Waals surface area contributed by atoms with E-state index in [0.29, 0.717) is 54.1 Å². The second kappa shape index (κ2) is 22.4. The summed E-state index contributed by atoms with van der Waals surface area (Å²) in [5.41, 5.74) is 4.01. The van der Waals surface area contributed by atoms with Crippen LogP contribution in [0, 0.1) is 23.6 Å². The summed E-state index contributed by atoms with van der Waals surface area (Å²) in [4.78, 5) is 18.1. The maximum absolute atomic E-state index is 15.3. The van der Waals surface area contributed by atoms with E-state index in [4.69, 9.17) is 24.2 Å². The van der Waals surface area contributed by atoms with Crippen LogP contribution in [0.15, 0.2) is 131 Å². The molecule has 2 aliphatic carbocycles. The van der Waals surface area contributed by atoms with Crippen molar-refractivity contribution in [1.29, 1.82) is 0 Å². The number of allylic oxidation sites excluding steroid dienone is 1. The zero-order chi connectivity index (χ0) is 46.7. The Morgan fingerprint density at radius 1 is 0.970 bits per heavy atom. The number of aliphatic hydroxyl groups excluding tert-OH is 2. The number of ether oxygens (including phenoxy) is 3. The van der Waals surface area contributed by atoms with Crippen LogP contribution in [0.3, 0.4) is 0 Å². The molecule has 0 spiro atoms. The molecule has 1 amide bonds. The molecular weight excluding hydrogens is 862 g/mol. The number of carbonyl (C=O) groups excluding carboxylic acids is 1. The number of carbonyl (C=O) groups is 1. The molecule has 12 nitrogen and oxygen atoms in total. The number of unbranched alkanes of at least 4 members (excludes halogenated alkanes) is 2.